The van der Waals surface area contributed by atoms with Gasteiger partial charge in [-0.15, -0.1) is 0 Å². The third kappa shape index (κ3) is 3.76. The molecule has 0 saturated heterocycles. The molecule has 0 spiro atoms. The van der Waals surface area contributed by atoms with Crippen LogP contribution in [0.2, 0.25) is 0 Å². The zero-order valence-corrected chi connectivity index (χ0v) is 15.2. The van der Waals surface area contributed by atoms with Crippen molar-refractivity contribution >= 4 is 15.9 Å². The molecule has 1 N–H and O–H groups in total. The lowest BCUT2D eigenvalue weighted by molar-refractivity contribution is 0.348. The van der Waals surface area contributed by atoms with Crippen LogP contribution in [0.1, 0.15) is 56.3 Å². The summed E-state index contributed by atoms with van der Waals surface area (Å²) in [6.45, 7) is 12.1. The van der Waals surface area contributed by atoms with Gasteiger partial charge < -0.3 is 10.1 Å². The maximum absolute atomic E-state index is 5.71. The minimum atomic E-state index is 0.339. The standard InChI is InChI=1S/C17H28BrNO/c1-7-9-19-16(11(3)8-2)15-13(5)14(18)10-12(4)17(15)20-6/h10-11,16,19H,7-9H2,1-6H3. The van der Waals surface area contributed by atoms with E-state index in [2.05, 4.69) is 61.9 Å². The monoisotopic (exact) mass is 341 g/mol. The summed E-state index contributed by atoms with van der Waals surface area (Å²) < 4.78 is 6.87. The lowest BCUT2D eigenvalue weighted by atomic mass is 9.88. The maximum Gasteiger partial charge on any atom is 0.126 e. The van der Waals surface area contributed by atoms with Crippen molar-refractivity contribution in [1.82, 2.24) is 5.32 Å². The third-order valence-corrected chi connectivity index (χ3v) is 4.87. The molecule has 1 aromatic carbocycles. The first-order valence-electron chi connectivity index (χ1n) is 7.54. The van der Waals surface area contributed by atoms with Crippen molar-refractivity contribution in [2.45, 2.75) is 53.5 Å². The Labute approximate surface area is 132 Å². The van der Waals surface area contributed by atoms with Gasteiger partial charge in [-0.05, 0) is 49.9 Å². The third-order valence-electron chi connectivity index (χ3n) is 4.05. The molecule has 20 heavy (non-hydrogen) atoms. The fourth-order valence-electron chi connectivity index (χ4n) is 2.64. The average Bonchev–Trinajstić information content (AvgIpc) is 2.43. The molecule has 2 atom stereocenters. The molecule has 1 aromatic rings. The van der Waals surface area contributed by atoms with Crippen molar-refractivity contribution < 1.29 is 4.74 Å². The second-order valence-corrected chi connectivity index (χ2v) is 6.42. The Morgan fingerprint density at radius 1 is 1.30 bits per heavy atom. The summed E-state index contributed by atoms with van der Waals surface area (Å²) in [5.74, 6) is 1.60. The molecule has 0 aliphatic heterocycles. The average molecular weight is 342 g/mol. The van der Waals surface area contributed by atoms with Crippen LogP contribution in [0, 0.1) is 19.8 Å². The number of halogens is 1. The predicted octanol–water partition coefficient (Wildman–Crippen LogP) is 5.16. The van der Waals surface area contributed by atoms with Crippen molar-refractivity contribution in [3.05, 3.63) is 27.2 Å². The van der Waals surface area contributed by atoms with Crippen molar-refractivity contribution in [3.63, 3.8) is 0 Å². The first-order valence-corrected chi connectivity index (χ1v) is 8.34. The minimum Gasteiger partial charge on any atom is -0.496 e. The molecule has 3 heteroatoms. The van der Waals surface area contributed by atoms with E-state index in [1.165, 1.54) is 16.7 Å². The smallest absolute Gasteiger partial charge is 0.126 e. The molecule has 0 aromatic heterocycles. The molecule has 0 aliphatic rings. The summed E-state index contributed by atoms with van der Waals surface area (Å²) in [5.41, 5.74) is 3.77. The SMILES string of the molecule is CCCNC(c1c(C)c(Br)cc(C)c1OC)C(C)CC. The van der Waals surface area contributed by atoms with E-state index >= 15 is 0 Å². The Balaban J connectivity index is 3.36. The van der Waals surface area contributed by atoms with Crippen LogP contribution >= 0.6 is 15.9 Å². The molecule has 0 radical (unpaired) electrons. The number of hydrogen-bond donors (Lipinski definition) is 1. The van der Waals surface area contributed by atoms with E-state index in [0.717, 1.165) is 29.6 Å². The van der Waals surface area contributed by atoms with Gasteiger partial charge in [-0.1, -0.05) is 43.1 Å². The molecule has 2 nitrogen and oxygen atoms in total. The Kier molecular flexibility index (Phi) is 7.04. The largest absolute Gasteiger partial charge is 0.496 e. The second-order valence-electron chi connectivity index (χ2n) is 5.56. The quantitative estimate of drug-likeness (QED) is 0.739. The van der Waals surface area contributed by atoms with E-state index in [4.69, 9.17) is 4.74 Å². The van der Waals surface area contributed by atoms with Crippen molar-refractivity contribution in [3.8, 4) is 5.75 Å². The van der Waals surface area contributed by atoms with Crippen LogP contribution in [-0.4, -0.2) is 13.7 Å². The summed E-state index contributed by atoms with van der Waals surface area (Å²) in [7, 11) is 1.77. The van der Waals surface area contributed by atoms with Crippen LogP contribution in [0.4, 0.5) is 0 Å². The number of nitrogens with one attached hydrogen (secondary N) is 1. The molecule has 0 aliphatic carbocycles. The van der Waals surface area contributed by atoms with E-state index in [1.807, 2.05) is 0 Å². The second kappa shape index (κ2) is 8.04. The Bertz CT molecular complexity index is 445. The van der Waals surface area contributed by atoms with E-state index in [1.54, 1.807) is 7.11 Å². The summed E-state index contributed by atoms with van der Waals surface area (Å²) >= 11 is 3.68. The van der Waals surface area contributed by atoms with Crippen LogP contribution in [-0.2, 0) is 0 Å². The lowest BCUT2D eigenvalue weighted by Gasteiger charge is -2.29. The lowest BCUT2D eigenvalue weighted by Crippen LogP contribution is -2.29. The molecule has 0 bridgehead atoms. The topological polar surface area (TPSA) is 21.3 Å². The number of hydrogen-bond acceptors (Lipinski definition) is 2. The first-order chi connectivity index (χ1) is 9.47. The summed E-state index contributed by atoms with van der Waals surface area (Å²) in [6.07, 6.45) is 2.29. The molecule has 114 valence electrons. The van der Waals surface area contributed by atoms with Crippen LogP contribution in [0.15, 0.2) is 10.5 Å². The van der Waals surface area contributed by atoms with Gasteiger partial charge in [0, 0.05) is 16.1 Å². The van der Waals surface area contributed by atoms with Crippen LogP contribution in [0.5, 0.6) is 5.75 Å². The van der Waals surface area contributed by atoms with Gasteiger partial charge in [-0.25, -0.2) is 0 Å². The highest BCUT2D eigenvalue weighted by Crippen LogP contribution is 2.39. The van der Waals surface area contributed by atoms with E-state index in [9.17, 15) is 0 Å². The predicted molar refractivity (Wildman–Crippen MR) is 90.7 cm³/mol. The Hall–Kier alpha value is -0.540. The van der Waals surface area contributed by atoms with Crippen molar-refractivity contribution in [2.24, 2.45) is 5.92 Å². The molecule has 0 heterocycles. The van der Waals surface area contributed by atoms with Gasteiger partial charge in [-0.3, -0.25) is 0 Å². The van der Waals surface area contributed by atoms with E-state index in [0.29, 0.717) is 12.0 Å². The van der Waals surface area contributed by atoms with Gasteiger partial charge in [-0.2, -0.15) is 0 Å². The van der Waals surface area contributed by atoms with Crippen LogP contribution in [0.25, 0.3) is 0 Å². The molecule has 0 saturated carbocycles. The van der Waals surface area contributed by atoms with Gasteiger partial charge in [0.2, 0.25) is 0 Å². The highest BCUT2D eigenvalue weighted by atomic mass is 79.9. The van der Waals surface area contributed by atoms with Gasteiger partial charge in [0.25, 0.3) is 0 Å². The number of ether oxygens (including phenoxy) is 1. The number of aryl methyl sites for hydroxylation is 1. The van der Waals surface area contributed by atoms with Crippen molar-refractivity contribution in [1.29, 1.82) is 0 Å². The summed E-state index contributed by atoms with van der Waals surface area (Å²) in [5, 5.41) is 3.71. The number of rotatable bonds is 7. The number of methoxy groups -OCH3 is 1. The maximum atomic E-state index is 5.71. The highest BCUT2D eigenvalue weighted by molar-refractivity contribution is 9.10. The number of benzene rings is 1. The summed E-state index contributed by atoms with van der Waals surface area (Å²) in [4.78, 5) is 0. The van der Waals surface area contributed by atoms with Crippen molar-refractivity contribution in [2.75, 3.05) is 13.7 Å². The highest BCUT2D eigenvalue weighted by Gasteiger charge is 2.25. The fraction of sp³-hybridized carbons (Fsp3) is 0.647. The Morgan fingerprint density at radius 3 is 2.45 bits per heavy atom. The molecule has 2 unspecified atom stereocenters. The van der Waals surface area contributed by atoms with Crippen LogP contribution in [0.3, 0.4) is 0 Å². The molecule has 0 fully saturated rings. The zero-order valence-electron chi connectivity index (χ0n) is 13.6. The van der Waals surface area contributed by atoms with E-state index < -0.39 is 0 Å². The van der Waals surface area contributed by atoms with Gasteiger partial charge in [0.1, 0.15) is 5.75 Å². The fourth-order valence-corrected chi connectivity index (χ4v) is 3.20. The zero-order chi connectivity index (χ0) is 15.3. The van der Waals surface area contributed by atoms with Gasteiger partial charge >= 0.3 is 0 Å². The first kappa shape index (κ1) is 17.5. The van der Waals surface area contributed by atoms with E-state index in [-0.39, 0.29) is 0 Å². The van der Waals surface area contributed by atoms with Gasteiger partial charge in [0.15, 0.2) is 0 Å². The minimum absolute atomic E-state index is 0.339. The molecule has 1 rings (SSSR count). The molecular weight excluding hydrogens is 314 g/mol. The summed E-state index contributed by atoms with van der Waals surface area (Å²) in [6, 6.07) is 2.48. The molecule has 0 amide bonds. The Morgan fingerprint density at radius 2 is 1.95 bits per heavy atom. The van der Waals surface area contributed by atoms with Gasteiger partial charge in [0.05, 0.1) is 7.11 Å². The molecular formula is C17H28BrNO. The normalized spacial score (nSPS) is 14.2. The van der Waals surface area contributed by atoms with Crippen LogP contribution < -0.4 is 10.1 Å².